The molecule has 1 unspecified atom stereocenters. The van der Waals surface area contributed by atoms with Gasteiger partial charge in [0.15, 0.2) is 0 Å². The highest BCUT2D eigenvalue weighted by atomic mass is 15.1. The molecule has 266 valence electrons. The number of nitrogens with zero attached hydrogens (tertiary/aromatic N) is 1. The van der Waals surface area contributed by atoms with Crippen LogP contribution in [-0.4, -0.2) is 0 Å². The van der Waals surface area contributed by atoms with Crippen molar-refractivity contribution in [3.05, 3.63) is 208 Å². The molecule has 7 aromatic carbocycles. The van der Waals surface area contributed by atoms with Crippen molar-refractivity contribution in [2.24, 2.45) is 0 Å². The standard InChI is InChI=1S/C53H49N/c1-35-48-44-29-27-38(32-40(39-21-13-8-14-22-39)31-37-19-11-7-12-20-37)33-46(44)52(3,4)50(48)36(2)49-45-30-28-43(34-47(45)53(5,6)51(35)49)54(41-23-15-9-16-24-41)42-25-17-10-18-26-42/h7-30,33-34,40H,31-32H2,1-6H3. The second-order valence-electron chi connectivity index (χ2n) is 16.6. The van der Waals surface area contributed by atoms with Crippen molar-refractivity contribution in [2.75, 3.05) is 4.90 Å². The quantitative estimate of drug-likeness (QED) is 0.153. The molecule has 0 N–H and O–H groups in total. The van der Waals surface area contributed by atoms with E-state index < -0.39 is 0 Å². The molecule has 1 heteroatoms. The van der Waals surface area contributed by atoms with Gasteiger partial charge in [0.05, 0.1) is 0 Å². The lowest BCUT2D eigenvalue weighted by atomic mass is 9.74. The zero-order valence-electron chi connectivity index (χ0n) is 32.4. The van der Waals surface area contributed by atoms with Gasteiger partial charge in [0.2, 0.25) is 0 Å². The van der Waals surface area contributed by atoms with Gasteiger partial charge >= 0.3 is 0 Å². The largest absolute Gasteiger partial charge is 0.310 e. The normalized spacial score (nSPS) is 14.9. The third kappa shape index (κ3) is 5.44. The monoisotopic (exact) mass is 699 g/mol. The lowest BCUT2D eigenvalue weighted by molar-refractivity contribution is 0.642. The molecule has 1 atom stereocenters. The van der Waals surface area contributed by atoms with Crippen LogP contribution >= 0.6 is 0 Å². The third-order valence-electron chi connectivity index (χ3n) is 12.6. The Bertz CT molecular complexity index is 2450. The van der Waals surface area contributed by atoms with Gasteiger partial charge in [-0.25, -0.2) is 0 Å². The number of benzene rings is 7. The Morgan fingerprint density at radius 3 is 1.43 bits per heavy atom. The first-order valence-electron chi connectivity index (χ1n) is 19.6. The summed E-state index contributed by atoms with van der Waals surface area (Å²) in [5.74, 6) is 0.410. The van der Waals surface area contributed by atoms with Crippen molar-refractivity contribution < 1.29 is 0 Å². The summed E-state index contributed by atoms with van der Waals surface area (Å²) in [6, 6.07) is 58.2. The van der Waals surface area contributed by atoms with Gasteiger partial charge in [-0.15, -0.1) is 0 Å². The van der Waals surface area contributed by atoms with Crippen LogP contribution in [0.25, 0.3) is 22.3 Å². The highest BCUT2D eigenvalue weighted by molar-refractivity contribution is 5.95. The van der Waals surface area contributed by atoms with Crippen LogP contribution in [0.2, 0.25) is 0 Å². The summed E-state index contributed by atoms with van der Waals surface area (Å²) in [5.41, 5.74) is 21.9. The molecule has 1 nitrogen and oxygen atoms in total. The van der Waals surface area contributed by atoms with E-state index in [0.717, 1.165) is 24.2 Å². The van der Waals surface area contributed by atoms with Crippen molar-refractivity contribution in [3.63, 3.8) is 0 Å². The maximum Gasteiger partial charge on any atom is 0.0465 e. The topological polar surface area (TPSA) is 3.24 Å². The minimum absolute atomic E-state index is 0.115. The maximum atomic E-state index is 2.55. The summed E-state index contributed by atoms with van der Waals surface area (Å²) in [4.78, 5) is 2.39. The molecule has 7 aromatic rings. The van der Waals surface area contributed by atoms with Gasteiger partial charge in [0, 0.05) is 27.9 Å². The molecule has 0 aromatic heterocycles. The van der Waals surface area contributed by atoms with Gasteiger partial charge in [0.25, 0.3) is 0 Å². The highest BCUT2D eigenvalue weighted by Gasteiger charge is 2.45. The van der Waals surface area contributed by atoms with Crippen LogP contribution in [0.1, 0.15) is 83.7 Å². The van der Waals surface area contributed by atoms with Gasteiger partial charge in [-0.1, -0.05) is 149 Å². The van der Waals surface area contributed by atoms with Gasteiger partial charge in [-0.05, 0) is 141 Å². The average molecular weight is 700 g/mol. The van der Waals surface area contributed by atoms with E-state index in [1.165, 1.54) is 78.0 Å². The lowest BCUT2D eigenvalue weighted by Gasteiger charge is -2.29. The first-order chi connectivity index (χ1) is 26.1. The van der Waals surface area contributed by atoms with Crippen LogP contribution in [0, 0.1) is 13.8 Å². The Labute approximate surface area is 322 Å². The van der Waals surface area contributed by atoms with E-state index in [0.29, 0.717) is 5.92 Å². The van der Waals surface area contributed by atoms with Crippen molar-refractivity contribution >= 4 is 17.1 Å². The zero-order chi connectivity index (χ0) is 37.2. The zero-order valence-corrected chi connectivity index (χ0v) is 32.4. The summed E-state index contributed by atoms with van der Waals surface area (Å²) in [7, 11) is 0. The Morgan fingerprint density at radius 1 is 0.444 bits per heavy atom. The summed E-state index contributed by atoms with van der Waals surface area (Å²) in [5, 5.41) is 0. The van der Waals surface area contributed by atoms with Crippen LogP contribution < -0.4 is 4.90 Å². The fraction of sp³-hybridized carbons (Fsp3) is 0.208. The van der Waals surface area contributed by atoms with Crippen LogP contribution in [0.3, 0.4) is 0 Å². The van der Waals surface area contributed by atoms with Crippen LogP contribution in [0.15, 0.2) is 158 Å². The fourth-order valence-corrected chi connectivity index (χ4v) is 10.2. The number of para-hydroxylation sites is 2. The van der Waals surface area contributed by atoms with E-state index in [2.05, 4.69) is 204 Å². The first kappa shape index (κ1) is 34.1. The Balaban J connectivity index is 1.13. The highest BCUT2D eigenvalue weighted by Crippen LogP contribution is 2.60. The third-order valence-corrected chi connectivity index (χ3v) is 12.6. The molecule has 0 spiro atoms. The van der Waals surface area contributed by atoms with E-state index >= 15 is 0 Å². The van der Waals surface area contributed by atoms with E-state index in [9.17, 15) is 0 Å². The number of anilines is 3. The predicted octanol–water partition coefficient (Wildman–Crippen LogP) is 14.0. The van der Waals surface area contributed by atoms with Crippen molar-refractivity contribution in [3.8, 4) is 22.3 Å². The van der Waals surface area contributed by atoms with Gasteiger partial charge in [-0.3, -0.25) is 0 Å². The first-order valence-corrected chi connectivity index (χ1v) is 19.6. The molecule has 2 aliphatic rings. The Kier molecular flexibility index (Phi) is 8.23. The summed E-state index contributed by atoms with van der Waals surface area (Å²) < 4.78 is 0. The second kappa shape index (κ2) is 13.0. The molecule has 0 amide bonds. The molecule has 54 heavy (non-hydrogen) atoms. The van der Waals surface area contributed by atoms with Crippen LogP contribution in [-0.2, 0) is 23.7 Å². The molecular formula is C53H49N. The maximum absolute atomic E-state index is 2.55. The Morgan fingerprint density at radius 2 is 0.889 bits per heavy atom. The van der Waals surface area contributed by atoms with Gasteiger partial charge < -0.3 is 4.90 Å². The van der Waals surface area contributed by atoms with E-state index in [4.69, 9.17) is 0 Å². The lowest BCUT2D eigenvalue weighted by Crippen LogP contribution is -2.20. The summed E-state index contributed by atoms with van der Waals surface area (Å²) in [6.07, 6.45) is 2.04. The van der Waals surface area contributed by atoms with Gasteiger partial charge in [-0.2, -0.15) is 0 Å². The predicted molar refractivity (Wildman–Crippen MR) is 229 cm³/mol. The summed E-state index contributed by atoms with van der Waals surface area (Å²) >= 11 is 0. The number of fused-ring (bicyclic) bond motifs is 6. The molecule has 0 heterocycles. The fourth-order valence-electron chi connectivity index (χ4n) is 10.2. The second-order valence-corrected chi connectivity index (χ2v) is 16.6. The minimum Gasteiger partial charge on any atom is -0.310 e. The van der Waals surface area contributed by atoms with Crippen LogP contribution in [0.4, 0.5) is 17.1 Å². The molecule has 0 saturated carbocycles. The van der Waals surface area contributed by atoms with Crippen LogP contribution in [0.5, 0.6) is 0 Å². The SMILES string of the molecule is Cc1c2c(c(C)c3c1C(C)(C)c1cc(CC(Cc4ccccc4)c4ccccc4)ccc1-3)C(C)(C)c1cc(N(c3ccccc3)c3ccccc3)ccc1-2. The number of hydrogen-bond donors (Lipinski definition) is 0. The van der Waals surface area contributed by atoms with Crippen molar-refractivity contribution in [1.82, 2.24) is 0 Å². The molecular weight excluding hydrogens is 651 g/mol. The smallest absolute Gasteiger partial charge is 0.0465 e. The number of rotatable bonds is 8. The van der Waals surface area contributed by atoms with Crippen molar-refractivity contribution in [1.29, 1.82) is 0 Å². The average Bonchev–Trinajstić information content (AvgIpc) is 3.58. The summed E-state index contributed by atoms with van der Waals surface area (Å²) in [6.45, 7) is 14.6. The van der Waals surface area contributed by atoms with Crippen molar-refractivity contribution in [2.45, 2.75) is 71.1 Å². The molecule has 0 fully saturated rings. The molecule has 0 aliphatic heterocycles. The molecule has 0 saturated heterocycles. The Hall–Kier alpha value is -5.66. The molecule has 2 aliphatic carbocycles. The molecule has 0 radical (unpaired) electrons. The van der Waals surface area contributed by atoms with Gasteiger partial charge in [0.1, 0.15) is 0 Å². The molecule has 0 bridgehead atoms. The van der Waals surface area contributed by atoms with E-state index in [1.807, 2.05) is 0 Å². The minimum atomic E-state index is -0.156. The van der Waals surface area contributed by atoms with E-state index in [1.54, 1.807) is 0 Å². The van der Waals surface area contributed by atoms with E-state index in [-0.39, 0.29) is 10.8 Å². The number of hydrogen-bond acceptors (Lipinski definition) is 1. The molecule has 9 rings (SSSR count).